The Morgan fingerprint density at radius 1 is 1.03 bits per heavy atom. The summed E-state index contributed by atoms with van der Waals surface area (Å²) in [6.07, 6.45) is 0. The molecule has 0 spiro atoms. The lowest BCUT2D eigenvalue weighted by atomic mass is 10.1. The minimum atomic E-state index is -4.01. The van der Waals surface area contributed by atoms with Crippen LogP contribution in [0.4, 0.5) is 11.4 Å². The second-order valence-corrected chi connectivity index (χ2v) is 8.97. The normalized spacial score (nSPS) is 11.1. The molecule has 0 heterocycles. The summed E-state index contributed by atoms with van der Waals surface area (Å²) in [5.74, 6) is 0.158. The quantitative estimate of drug-likeness (QED) is 0.495. The van der Waals surface area contributed by atoms with Gasteiger partial charge in [-0.25, -0.2) is 8.42 Å². The van der Waals surface area contributed by atoms with Crippen LogP contribution in [0.1, 0.15) is 28.4 Å². The molecule has 0 radical (unpaired) electrons. The summed E-state index contributed by atoms with van der Waals surface area (Å²) in [4.78, 5) is 12.5. The molecule has 0 bridgehead atoms. The minimum Gasteiger partial charge on any atom is -0.494 e. The van der Waals surface area contributed by atoms with Gasteiger partial charge in [-0.05, 0) is 68.3 Å². The Balaban J connectivity index is 1.88. The van der Waals surface area contributed by atoms with Crippen LogP contribution in [0.5, 0.6) is 5.75 Å². The lowest BCUT2D eigenvalue weighted by Gasteiger charge is -2.14. The van der Waals surface area contributed by atoms with Crippen molar-refractivity contribution in [2.75, 3.05) is 16.6 Å². The Hall–Kier alpha value is -3.03. The van der Waals surface area contributed by atoms with Crippen molar-refractivity contribution in [3.05, 3.63) is 82.4 Å². The zero-order valence-electron chi connectivity index (χ0n) is 17.4. The summed E-state index contributed by atoms with van der Waals surface area (Å²) < 4.78 is 34.0. The van der Waals surface area contributed by atoms with Crippen molar-refractivity contribution in [1.29, 1.82) is 0 Å². The van der Waals surface area contributed by atoms with Crippen LogP contribution in [-0.4, -0.2) is 20.9 Å². The Labute approximate surface area is 187 Å². The summed E-state index contributed by atoms with van der Waals surface area (Å²) in [7, 11) is -4.01. The average molecular weight is 459 g/mol. The maximum atomic E-state index is 13.0. The summed E-state index contributed by atoms with van der Waals surface area (Å²) in [6.45, 7) is 6.09. The maximum absolute atomic E-state index is 13.0. The van der Waals surface area contributed by atoms with Gasteiger partial charge in [0.2, 0.25) is 0 Å². The summed E-state index contributed by atoms with van der Waals surface area (Å²) in [5, 5.41) is 2.77. The number of carbonyl (C=O) groups is 1. The number of ether oxygens (including phenoxy) is 1. The monoisotopic (exact) mass is 458 g/mol. The van der Waals surface area contributed by atoms with Crippen LogP contribution >= 0.6 is 11.6 Å². The molecule has 8 heteroatoms. The van der Waals surface area contributed by atoms with Crippen LogP contribution in [0.3, 0.4) is 0 Å². The SMILES string of the molecule is CCOc1cccc(NC(=O)c2ccc(Cl)c(S(=O)(=O)Nc3cccc(C)c3C)c2)c1. The van der Waals surface area contributed by atoms with E-state index < -0.39 is 15.9 Å². The van der Waals surface area contributed by atoms with E-state index in [4.69, 9.17) is 16.3 Å². The van der Waals surface area contributed by atoms with E-state index in [1.54, 1.807) is 36.4 Å². The van der Waals surface area contributed by atoms with Crippen LogP contribution in [-0.2, 0) is 10.0 Å². The third kappa shape index (κ3) is 5.37. The van der Waals surface area contributed by atoms with Crippen molar-refractivity contribution >= 4 is 38.9 Å². The molecular weight excluding hydrogens is 436 g/mol. The zero-order valence-corrected chi connectivity index (χ0v) is 19.0. The van der Waals surface area contributed by atoms with Gasteiger partial charge in [-0.2, -0.15) is 0 Å². The number of hydrogen-bond donors (Lipinski definition) is 2. The molecule has 6 nitrogen and oxygen atoms in total. The van der Waals surface area contributed by atoms with Crippen molar-refractivity contribution in [3.8, 4) is 5.75 Å². The van der Waals surface area contributed by atoms with Crippen molar-refractivity contribution in [1.82, 2.24) is 0 Å². The van der Waals surface area contributed by atoms with Crippen LogP contribution in [0.2, 0.25) is 5.02 Å². The number of halogens is 1. The number of carbonyl (C=O) groups excluding carboxylic acids is 1. The molecule has 3 aromatic carbocycles. The topological polar surface area (TPSA) is 84.5 Å². The highest BCUT2D eigenvalue weighted by atomic mass is 35.5. The summed E-state index contributed by atoms with van der Waals surface area (Å²) in [6, 6.07) is 16.4. The van der Waals surface area contributed by atoms with E-state index in [1.165, 1.54) is 18.2 Å². The predicted molar refractivity (Wildman–Crippen MR) is 124 cm³/mol. The highest BCUT2D eigenvalue weighted by Gasteiger charge is 2.21. The molecular formula is C23H23ClN2O4S. The van der Waals surface area contributed by atoms with Gasteiger partial charge in [0.05, 0.1) is 17.3 Å². The van der Waals surface area contributed by atoms with Gasteiger partial charge < -0.3 is 10.1 Å². The molecule has 0 aliphatic carbocycles. The number of anilines is 2. The average Bonchev–Trinajstić information content (AvgIpc) is 2.72. The van der Waals surface area contributed by atoms with Crippen molar-refractivity contribution in [2.24, 2.45) is 0 Å². The number of amides is 1. The Kier molecular flexibility index (Phi) is 6.87. The van der Waals surface area contributed by atoms with Crippen LogP contribution < -0.4 is 14.8 Å². The third-order valence-electron chi connectivity index (χ3n) is 4.73. The smallest absolute Gasteiger partial charge is 0.263 e. The second kappa shape index (κ2) is 9.41. The molecule has 2 N–H and O–H groups in total. The fourth-order valence-corrected chi connectivity index (χ4v) is 4.60. The fraction of sp³-hybridized carbons (Fsp3) is 0.174. The standard InChI is InChI=1S/C23H23ClN2O4S/c1-4-30-19-9-6-8-18(14-19)25-23(27)17-11-12-20(24)22(13-17)31(28,29)26-21-10-5-7-15(2)16(21)3/h5-14,26H,4H2,1-3H3,(H,25,27). The number of sulfonamides is 1. The third-order valence-corrected chi connectivity index (χ3v) is 6.58. The maximum Gasteiger partial charge on any atom is 0.263 e. The van der Waals surface area contributed by atoms with Gasteiger partial charge in [0.1, 0.15) is 10.6 Å². The molecule has 0 saturated heterocycles. The van der Waals surface area contributed by atoms with Crippen molar-refractivity contribution < 1.29 is 17.9 Å². The van der Waals surface area contributed by atoms with Gasteiger partial charge >= 0.3 is 0 Å². The van der Waals surface area contributed by atoms with Crippen LogP contribution in [0.15, 0.2) is 65.6 Å². The lowest BCUT2D eigenvalue weighted by Crippen LogP contribution is -2.17. The van der Waals surface area contributed by atoms with E-state index in [0.717, 1.165) is 11.1 Å². The number of nitrogens with one attached hydrogen (secondary N) is 2. The van der Waals surface area contributed by atoms with E-state index in [-0.39, 0.29) is 15.5 Å². The van der Waals surface area contributed by atoms with E-state index >= 15 is 0 Å². The lowest BCUT2D eigenvalue weighted by molar-refractivity contribution is 0.102. The summed E-state index contributed by atoms with van der Waals surface area (Å²) >= 11 is 6.17. The first-order chi connectivity index (χ1) is 14.7. The molecule has 0 aliphatic heterocycles. The highest BCUT2D eigenvalue weighted by molar-refractivity contribution is 7.92. The molecule has 3 rings (SSSR count). The molecule has 0 fully saturated rings. The van der Waals surface area contributed by atoms with E-state index in [9.17, 15) is 13.2 Å². The van der Waals surface area contributed by atoms with E-state index in [1.807, 2.05) is 26.8 Å². The molecule has 0 aliphatic rings. The van der Waals surface area contributed by atoms with Crippen LogP contribution in [0.25, 0.3) is 0 Å². The molecule has 0 unspecified atom stereocenters. The first-order valence-corrected chi connectivity index (χ1v) is 11.5. The number of aryl methyl sites for hydroxylation is 1. The first-order valence-electron chi connectivity index (χ1n) is 9.64. The number of hydrogen-bond acceptors (Lipinski definition) is 4. The largest absolute Gasteiger partial charge is 0.494 e. The zero-order chi connectivity index (χ0) is 22.6. The van der Waals surface area contributed by atoms with Crippen LogP contribution in [0, 0.1) is 13.8 Å². The molecule has 0 saturated carbocycles. The molecule has 162 valence electrons. The van der Waals surface area contributed by atoms with Gasteiger partial charge in [-0.15, -0.1) is 0 Å². The van der Waals surface area contributed by atoms with E-state index in [0.29, 0.717) is 23.7 Å². The molecule has 1 amide bonds. The Morgan fingerprint density at radius 2 is 1.77 bits per heavy atom. The fourth-order valence-electron chi connectivity index (χ4n) is 2.95. The second-order valence-electron chi connectivity index (χ2n) is 6.91. The molecule has 0 atom stereocenters. The Bertz CT molecular complexity index is 1230. The summed E-state index contributed by atoms with van der Waals surface area (Å²) in [5.41, 5.74) is 2.91. The number of benzene rings is 3. The van der Waals surface area contributed by atoms with Gasteiger partial charge in [-0.3, -0.25) is 9.52 Å². The first kappa shape index (κ1) is 22.7. The predicted octanol–water partition coefficient (Wildman–Crippen LogP) is 5.41. The number of rotatable bonds is 7. The van der Waals surface area contributed by atoms with E-state index in [2.05, 4.69) is 10.0 Å². The van der Waals surface area contributed by atoms with Gasteiger partial charge in [0.25, 0.3) is 15.9 Å². The molecule has 0 aromatic heterocycles. The highest BCUT2D eigenvalue weighted by Crippen LogP contribution is 2.27. The molecule has 3 aromatic rings. The van der Waals surface area contributed by atoms with Gasteiger partial charge in [-0.1, -0.05) is 29.8 Å². The minimum absolute atomic E-state index is 0.0210. The van der Waals surface area contributed by atoms with Crippen molar-refractivity contribution in [3.63, 3.8) is 0 Å². The van der Waals surface area contributed by atoms with Gasteiger partial charge in [0.15, 0.2) is 0 Å². The Morgan fingerprint density at radius 3 is 2.52 bits per heavy atom. The van der Waals surface area contributed by atoms with Crippen molar-refractivity contribution in [2.45, 2.75) is 25.7 Å². The molecule has 31 heavy (non-hydrogen) atoms. The van der Waals surface area contributed by atoms with Gasteiger partial charge in [0, 0.05) is 17.3 Å².